The minimum atomic E-state index is 0.572. The highest BCUT2D eigenvalue weighted by Gasteiger charge is 2.18. The molecule has 0 bridgehead atoms. The van der Waals surface area contributed by atoms with Crippen molar-refractivity contribution in [1.82, 2.24) is 4.98 Å². The standard InChI is InChI=1S/C13H11BrClNO/c1-7-2-3-8-12(15)9-6-17-5-4-10(9)16-13(8)11(7)14/h2-3H,4-6H2,1H3. The van der Waals surface area contributed by atoms with Crippen LogP contribution in [0.4, 0.5) is 0 Å². The fourth-order valence-corrected chi connectivity index (χ4v) is 2.89. The molecule has 2 aromatic rings. The van der Waals surface area contributed by atoms with E-state index in [2.05, 4.69) is 28.9 Å². The van der Waals surface area contributed by atoms with Gasteiger partial charge in [0.25, 0.3) is 0 Å². The van der Waals surface area contributed by atoms with Crippen LogP contribution in [0, 0.1) is 6.92 Å². The largest absolute Gasteiger partial charge is 0.376 e. The number of rotatable bonds is 0. The Bertz CT molecular complexity index is 612. The Labute approximate surface area is 113 Å². The molecule has 0 fully saturated rings. The van der Waals surface area contributed by atoms with E-state index in [4.69, 9.17) is 21.3 Å². The fraction of sp³-hybridized carbons (Fsp3) is 0.308. The monoisotopic (exact) mass is 311 g/mol. The van der Waals surface area contributed by atoms with Gasteiger partial charge in [-0.05, 0) is 28.4 Å². The van der Waals surface area contributed by atoms with Crippen molar-refractivity contribution in [3.63, 3.8) is 0 Å². The molecule has 0 amide bonds. The molecule has 0 radical (unpaired) electrons. The van der Waals surface area contributed by atoms with Gasteiger partial charge < -0.3 is 4.74 Å². The van der Waals surface area contributed by atoms with Gasteiger partial charge in [-0.25, -0.2) is 0 Å². The fourth-order valence-electron chi connectivity index (χ4n) is 2.14. The Morgan fingerprint density at radius 2 is 2.24 bits per heavy atom. The molecule has 2 nitrogen and oxygen atoms in total. The van der Waals surface area contributed by atoms with E-state index in [0.29, 0.717) is 6.61 Å². The zero-order valence-electron chi connectivity index (χ0n) is 9.39. The molecule has 1 aromatic carbocycles. The molecule has 1 aromatic heterocycles. The second-order valence-electron chi connectivity index (χ2n) is 4.25. The van der Waals surface area contributed by atoms with Crippen LogP contribution in [0.15, 0.2) is 16.6 Å². The zero-order chi connectivity index (χ0) is 12.0. The number of hydrogen-bond donors (Lipinski definition) is 0. The van der Waals surface area contributed by atoms with Gasteiger partial charge in [-0.2, -0.15) is 0 Å². The molecule has 0 aliphatic carbocycles. The van der Waals surface area contributed by atoms with E-state index in [9.17, 15) is 0 Å². The summed E-state index contributed by atoms with van der Waals surface area (Å²) in [7, 11) is 0. The maximum atomic E-state index is 6.44. The summed E-state index contributed by atoms with van der Waals surface area (Å²) in [6.45, 7) is 3.36. The molecule has 0 saturated heterocycles. The predicted octanol–water partition coefficient (Wildman–Crippen LogP) is 4.03. The number of pyridine rings is 1. The van der Waals surface area contributed by atoms with Crippen molar-refractivity contribution in [3.8, 4) is 0 Å². The van der Waals surface area contributed by atoms with Gasteiger partial charge in [0, 0.05) is 21.8 Å². The average Bonchev–Trinajstić information content (AvgIpc) is 2.35. The normalized spacial score (nSPS) is 15.0. The summed E-state index contributed by atoms with van der Waals surface area (Å²) >= 11 is 10.0. The highest BCUT2D eigenvalue weighted by molar-refractivity contribution is 9.10. The van der Waals surface area contributed by atoms with Crippen LogP contribution in [0.1, 0.15) is 16.8 Å². The zero-order valence-corrected chi connectivity index (χ0v) is 11.7. The highest BCUT2D eigenvalue weighted by Crippen LogP contribution is 2.35. The van der Waals surface area contributed by atoms with Crippen LogP contribution in [-0.4, -0.2) is 11.6 Å². The number of benzene rings is 1. The molecule has 0 atom stereocenters. The first-order valence-electron chi connectivity index (χ1n) is 5.52. The molecular formula is C13H11BrClNO. The van der Waals surface area contributed by atoms with Crippen LogP contribution >= 0.6 is 27.5 Å². The number of halogens is 2. The lowest BCUT2D eigenvalue weighted by Crippen LogP contribution is -2.12. The number of fused-ring (bicyclic) bond motifs is 2. The third-order valence-corrected chi connectivity index (χ3v) is 4.57. The molecule has 0 spiro atoms. The Balaban J connectivity index is 2.40. The molecule has 88 valence electrons. The quantitative estimate of drug-likeness (QED) is 0.732. The molecule has 4 heteroatoms. The maximum absolute atomic E-state index is 6.44. The van der Waals surface area contributed by atoms with E-state index >= 15 is 0 Å². The topological polar surface area (TPSA) is 22.1 Å². The van der Waals surface area contributed by atoms with Gasteiger partial charge in [0.05, 0.1) is 29.4 Å². The summed E-state index contributed by atoms with van der Waals surface area (Å²) in [5.41, 5.74) is 4.24. The second-order valence-corrected chi connectivity index (χ2v) is 5.42. The summed E-state index contributed by atoms with van der Waals surface area (Å²) in [6, 6.07) is 4.08. The van der Waals surface area contributed by atoms with Gasteiger partial charge in [-0.1, -0.05) is 23.7 Å². The Kier molecular flexibility index (Phi) is 2.85. The van der Waals surface area contributed by atoms with Crippen molar-refractivity contribution in [3.05, 3.63) is 38.4 Å². The summed E-state index contributed by atoms with van der Waals surface area (Å²) in [5.74, 6) is 0. The lowest BCUT2D eigenvalue weighted by atomic mass is 10.0. The Morgan fingerprint density at radius 3 is 3.06 bits per heavy atom. The van der Waals surface area contributed by atoms with Crippen molar-refractivity contribution in [2.45, 2.75) is 20.0 Å². The molecule has 0 saturated carbocycles. The van der Waals surface area contributed by atoms with Crippen LogP contribution in [-0.2, 0) is 17.8 Å². The molecule has 2 heterocycles. The molecule has 1 aliphatic heterocycles. The number of hydrogen-bond acceptors (Lipinski definition) is 2. The smallest absolute Gasteiger partial charge is 0.0865 e. The Morgan fingerprint density at radius 1 is 1.41 bits per heavy atom. The summed E-state index contributed by atoms with van der Waals surface area (Å²) in [5, 5.41) is 1.78. The summed E-state index contributed by atoms with van der Waals surface area (Å²) in [4.78, 5) is 4.73. The summed E-state index contributed by atoms with van der Waals surface area (Å²) < 4.78 is 6.48. The SMILES string of the molecule is Cc1ccc2c(Cl)c3c(nc2c1Br)CCOC3. The predicted molar refractivity (Wildman–Crippen MR) is 72.6 cm³/mol. The minimum absolute atomic E-state index is 0.572. The lowest BCUT2D eigenvalue weighted by Gasteiger charge is -2.19. The first kappa shape index (κ1) is 11.5. The van der Waals surface area contributed by atoms with Gasteiger partial charge in [-0.3, -0.25) is 4.98 Å². The van der Waals surface area contributed by atoms with Crippen molar-refractivity contribution in [2.75, 3.05) is 6.61 Å². The van der Waals surface area contributed by atoms with E-state index in [0.717, 1.165) is 44.7 Å². The molecule has 0 N–H and O–H groups in total. The maximum Gasteiger partial charge on any atom is 0.0865 e. The third-order valence-electron chi connectivity index (χ3n) is 3.14. The van der Waals surface area contributed by atoms with E-state index in [1.165, 1.54) is 5.56 Å². The number of aromatic nitrogens is 1. The van der Waals surface area contributed by atoms with E-state index < -0.39 is 0 Å². The first-order chi connectivity index (χ1) is 8.18. The van der Waals surface area contributed by atoms with Gasteiger partial charge in [0.15, 0.2) is 0 Å². The molecule has 0 unspecified atom stereocenters. The van der Waals surface area contributed by atoms with Crippen LogP contribution in [0.5, 0.6) is 0 Å². The number of ether oxygens (including phenoxy) is 1. The average molecular weight is 313 g/mol. The van der Waals surface area contributed by atoms with E-state index in [1.54, 1.807) is 0 Å². The lowest BCUT2D eigenvalue weighted by molar-refractivity contribution is 0.109. The van der Waals surface area contributed by atoms with Crippen LogP contribution < -0.4 is 0 Å². The minimum Gasteiger partial charge on any atom is -0.376 e. The van der Waals surface area contributed by atoms with E-state index in [1.807, 2.05) is 6.07 Å². The van der Waals surface area contributed by atoms with Crippen molar-refractivity contribution >= 4 is 38.4 Å². The molecule has 1 aliphatic rings. The second kappa shape index (κ2) is 4.23. The van der Waals surface area contributed by atoms with Gasteiger partial charge in [0.1, 0.15) is 0 Å². The number of aryl methyl sites for hydroxylation is 1. The van der Waals surface area contributed by atoms with Crippen molar-refractivity contribution < 1.29 is 4.74 Å². The molecular weight excluding hydrogens is 302 g/mol. The highest BCUT2D eigenvalue weighted by atomic mass is 79.9. The number of nitrogens with zero attached hydrogens (tertiary/aromatic N) is 1. The Hall–Kier alpha value is -0.640. The summed E-state index contributed by atoms with van der Waals surface area (Å²) in [6.07, 6.45) is 0.839. The molecule has 17 heavy (non-hydrogen) atoms. The van der Waals surface area contributed by atoms with Crippen molar-refractivity contribution in [1.29, 1.82) is 0 Å². The van der Waals surface area contributed by atoms with Crippen molar-refractivity contribution in [2.24, 2.45) is 0 Å². The first-order valence-corrected chi connectivity index (χ1v) is 6.69. The van der Waals surface area contributed by atoms with Crippen LogP contribution in [0.25, 0.3) is 10.9 Å². The van der Waals surface area contributed by atoms with Crippen LogP contribution in [0.3, 0.4) is 0 Å². The van der Waals surface area contributed by atoms with E-state index in [-0.39, 0.29) is 0 Å². The third kappa shape index (κ3) is 1.77. The molecule has 3 rings (SSSR count). The van der Waals surface area contributed by atoms with Gasteiger partial charge in [0.2, 0.25) is 0 Å². The van der Waals surface area contributed by atoms with Gasteiger partial charge >= 0.3 is 0 Å². The van der Waals surface area contributed by atoms with Crippen LogP contribution in [0.2, 0.25) is 5.02 Å². The van der Waals surface area contributed by atoms with Gasteiger partial charge in [-0.15, -0.1) is 0 Å².